The first-order chi connectivity index (χ1) is 8.79. The fourth-order valence-corrected chi connectivity index (χ4v) is 3.25. The smallest absolute Gasteiger partial charge is 0.130 e. The van der Waals surface area contributed by atoms with Crippen LogP contribution in [-0.2, 0) is 0 Å². The normalized spacial score (nSPS) is 21.6. The molecule has 2 aromatic rings. The average molecular weight is 308 g/mol. The summed E-state index contributed by atoms with van der Waals surface area (Å²) in [5.41, 5.74) is 1.17. The highest BCUT2D eigenvalue weighted by Crippen LogP contribution is 2.30. The Kier molecular flexibility index (Phi) is 3.39. The fraction of sp³-hybridized carbons (Fsp3) is 0.500. The highest BCUT2D eigenvalue weighted by molar-refractivity contribution is 9.10. The molecule has 3 nitrogen and oxygen atoms in total. The Balaban J connectivity index is 2.02. The van der Waals surface area contributed by atoms with Crippen molar-refractivity contribution < 1.29 is 0 Å². The first kappa shape index (κ1) is 12.2. The summed E-state index contributed by atoms with van der Waals surface area (Å²) < 4.78 is 3.33. The van der Waals surface area contributed by atoms with Crippen molar-refractivity contribution in [2.45, 2.75) is 32.2 Å². The van der Waals surface area contributed by atoms with Gasteiger partial charge in [-0.3, -0.25) is 4.90 Å². The van der Waals surface area contributed by atoms with Crippen LogP contribution in [0, 0.1) is 0 Å². The molecule has 0 saturated carbocycles. The molecular formula is C14H18BrN3. The summed E-state index contributed by atoms with van der Waals surface area (Å²) in [6, 6.07) is 4.68. The molecule has 0 spiro atoms. The van der Waals surface area contributed by atoms with Crippen LogP contribution in [0.1, 0.15) is 38.1 Å². The van der Waals surface area contributed by atoms with E-state index in [1.165, 1.54) is 37.1 Å². The molecule has 18 heavy (non-hydrogen) atoms. The van der Waals surface area contributed by atoms with Crippen LogP contribution in [0.4, 0.5) is 0 Å². The van der Waals surface area contributed by atoms with Crippen LogP contribution in [0.15, 0.2) is 29.0 Å². The van der Waals surface area contributed by atoms with Gasteiger partial charge in [0.25, 0.3) is 0 Å². The van der Waals surface area contributed by atoms with E-state index in [0.29, 0.717) is 6.04 Å². The second-order valence-corrected chi connectivity index (χ2v) is 5.81. The van der Waals surface area contributed by atoms with Crippen molar-refractivity contribution in [3.05, 3.63) is 34.8 Å². The number of fused-ring (bicyclic) bond motifs is 1. The zero-order valence-corrected chi connectivity index (χ0v) is 12.2. The highest BCUT2D eigenvalue weighted by Gasteiger charge is 2.25. The maximum atomic E-state index is 4.66. The second-order valence-electron chi connectivity index (χ2n) is 4.90. The van der Waals surface area contributed by atoms with E-state index in [2.05, 4.69) is 55.5 Å². The molecule has 0 aromatic carbocycles. The van der Waals surface area contributed by atoms with E-state index in [0.717, 1.165) is 11.0 Å². The van der Waals surface area contributed by atoms with Crippen LogP contribution in [0.25, 0.3) is 5.52 Å². The lowest BCUT2D eigenvalue weighted by Gasteiger charge is -2.33. The molecule has 0 amide bonds. The third-order valence-corrected chi connectivity index (χ3v) is 4.33. The lowest BCUT2D eigenvalue weighted by molar-refractivity contribution is 0.149. The molecular weight excluding hydrogens is 290 g/mol. The Labute approximate surface area is 116 Å². The minimum atomic E-state index is 0.479. The molecule has 1 saturated heterocycles. The summed E-state index contributed by atoms with van der Waals surface area (Å²) in [5, 5.41) is 0. The van der Waals surface area contributed by atoms with Crippen LogP contribution in [0.5, 0.6) is 0 Å². The van der Waals surface area contributed by atoms with Crippen molar-refractivity contribution in [2.75, 3.05) is 13.1 Å². The number of hydrogen-bond acceptors (Lipinski definition) is 2. The third-order valence-electron chi connectivity index (χ3n) is 3.84. The van der Waals surface area contributed by atoms with Gasteiger partial charge in [0.1, 0.15) is 5.82 Å². The maximum Gasteiger partial charge on any atom is 0.130 e. The topological polar surface area (TPSA) is 20.5 Å². The molecule has 0 radical (unpaired) electrons. The largest absolute Gasteiger partial charge is 0.302 e. The zero-order chi connectivity index (χ0) is 12.5. The Morgan fingerprint density at radius 3 is 3.17 bits per heavy atom. The van der Waals surface area contributed by atoms with Gasteiger partial charge < -0.3 is 4.40 Å². The number of piperidine rings is 1. The highest BCUT2D eigenvalue weighted by atomic mass is 79.9. The molecule has 1 aliphatic heterocycles. The molecule has 2 aromatic heterocycles. The van der Waals surface area contributed by atoms with Crippen molar-refractivity contribution in [2.24, 2.45) is 0 Å². The molecule has 1 fully saturated rings. The SMILES string of the molecule is CCN1CCCCC1c1ncc2cc(Br)ccn12. The predicted octanol–water partition coefficient (Wildman–Crippen LogP) is 3.64. The van der Waals surface area contributed by atoms with Gasteiger partial charge >= 0.3 is 0 Å². The molecule has 1 atom stereocenters. The van der Waals surface area contributed by atoms with Crippen molar-refractivity contribution >= 4 is 21.4 Å². The summed E-state index contributed by atoms with van der Waals surface area (Å²) in [6.45, 7) is 4.55. The van der Waals surface area contributed by atoms with Crippen LogP contribution < -0.4 is 0 Å². The lowest BCUT2D eigenvalue weighted by atomic mass is 10.0. The van der Waals surface area contributed by atoms with Crippen LogP contribution in [-0.4, -0.2) is 27.4 Å². The van der Waals surface area contributed by atoms with Gasteiger partial charge in [0.2, 0.25) is 0 Å². The molecule has 0 N–H and O–H groups in total. The fourth-order valence-electron chi connectivity index (χ4n) is 2.90. The van der Waals surface area contributed by atoms with Crippen molar-refractivity contribution in [3.8, 4) is 0 Å². The maximum absolute atomic E-state index is 4.66. The molecule has 96 valence electrons. The van der Waals surface area contributed by atoms with Gasteiger partial charge in [-0.2, -0.15) is 0 Å². The molecule has 1 unspecified atom stereocenters. The van der Waals surface area contributed by atoms with Crippen molar-refractivity contribution in [1.29, 1.82) is 0 Å². The van der Waals surface area contributed by atoms with Gasteiger partial charge in [-0.05, 0) is 38.1 Å². The first-order valence-corrected chi connectivity index (χ1v) is 7.45. The van der Waals surface area contributed by atoms with E-state index in [1.807, 2.05) is 6.20 Å². The zero-order valence-electron chi connectivity index (χ0n) is 10.6. The minimum absolute atomic E-state index is 0.479. The number of imidazole rings is 1. The number of halogens is 1. The van der Waals surface area contributed by atoms with Crippen molar-refractivity contribution in [3.63, 3.8) is 0 Å². The van der Waals surface area contributed by atoms with Crippen LogP contribution in [0.3, 0.4) is 0 Å². The van der Waals surface area contributed by atoms with E-state index in [1.54, 1.807) is 0 Å². The molecule has 0 aliphatic carbocycles. The van der Waals surface area contributed by atoms with E-state index in [9.17, 15) is 0 Å². The molecule has 3 heterocycles. The monoisotopic (exact) mass is 307 g/mol. The number of nitrogens with zero attached hydrogens (tertiary/aromatic N) is 3. The van der Waals surface area contributed by atoms with Crippen LogP contribution in [0.2, 0.25) is 0 Å². The number of hydrogen-bond donors (Lipinski definition) is 0. The Morgan fingerprint density at radius 2 is 2.33 bits per heavy atom. The second kappa shape index (κ2) is 5.02. The number of pyridine rings is 1. The van der Waals surface area contributed by atoms with Crippen LogP contribution >= 0.6 is 15.9 Å². The van der Waals surface area contributed by atoms with E-state index < -0.39 is 0 Å². The average Bonchev–Trinajstić information content (AvgIpc) is 2.81. The van der Waals surface area contributed by atoms with E-state index >= 15 is 0 Å². The molecule has 1 aliphatic rings. The molecule has 3 rings (SSSR count). The number of rotatable bonds is 2. The van der Waals surface area contributed by atoms with E-state index in [4.69, 9.17) is 0 Å². The minimum Gasteiger partial charge on any atom is -0.302 e. The molecule has 4 heteroatoms. The Bertz CT molecular complexity index is 549. The van der Waals surface area contributed by atoms with E-state index in [-0.39, 0.29) is 0 Å². The lowest BCUT2D eigenvalue weighted by Crippen LogP contribution is -2.34. The van der Waals surface area contributed by atoms with Gasteiger partial charge in [-0.25, -0.2) is 4.98 Å². The number of likely N-dealkylation sites (tertiary alicyclic amines) is 1. The predicted molar refractivity (Wildman–Crippen MR) is 76.7 cm³/mol. The third kappa shape index (κ3) is 2.08. The Hall–Kier alpha value is -0.870. The van der Waals surface area contributed by atoms with Gasteiger partial charge in [-0.15, -0.1) is 0 Å². The number of aromatic nitrogens is 2. The Morgan fingerprint density at radius 1 is 1.44 bits per heavy atom. The summed E-state index contributed by atoms with van der Waals surface area (Å²) in [5.74, 6) is 1.19. The van der Waals surface area contributed by atoms with Gasteiger partial charge in [0, 0.05) is 10.7 Å². The van der Waals surface area contributed by atoms with Gasteiger partial charge in [0.05, 0.1) is 17.8 Å². The van der Waals surface area contributed by atoms with Crippen molar-refractivity contribution in [1.82, 2.24) is 14.3 Å². The summed E-state index contributed by atoms with van der Waals surface area (Å²) in [7, 11) is 0. The standard InChI is InChI=1S/C14H18BrN3/c1-2-17-7-4-3-5-13(17)14-16-10-12-9-11(15)6-8-18(12)14/h6,8-10,13H,2-5,7H2,1H3. The van der Waals surface area contributed by atoms with Gasteiger partial charge in [-0.1, -0.05) is 29.3 Å². The summed E-state index contributed by atoms with van der Waals surface area (Å²) >= 11 is 3.51. The van der Waals surface area contributed by atoms with Gasteiger partial charge in [0.15, 0.2) is 0 Å². The first-order valence-electron chi connectivity index (χ1n) is 6.66. The summed E-state index contributed by atoms with van der Waals surface area (Å²) in [4.78, 5) is 7.20. The molecule has 0 bridgehead atoms. The quantitative estimate of drug-likeness (QED) is 0.844. The summed E-state index contributed by atoms with van der Waals surface area (Å²) in [6.07, 6.45) is 7.95.